The molecule has 78 valence electrons. The fourth-order valence-electron chi connectivity index (χ4n) is 0.776. The molecule has 0 aromatic heterocycles. The monoisotopic (exact) mass is 206 g/mol. The molecule has 13 heavy (non-hydrogen) atoms. The van der Waals surface area contributed by atoms with Crippen LogP contribution in [0, 0.1) is 0 Å². The highest BCUT2D eigenvalue weighted by molar-refractivity contribution is 5.85. The Morgan fingerprint density at radius 1 is 1.08 bits per heavy atom. The number of hydrogen-bond donors (Lipinski definition) is 3. The quantitative estimate of drug-likeness (QED) is 0.396. The van der Waals surface area contributed by atoms with E-state index in [1.807, 2.05) is 0 Å². The Kier molecular flexibility index (Phi) is 13.6. The van der Waals surface area contributed by atoms with Gasteiger partial charge in [-0.2, -0.15) is 0 Å². The molecule has 0 aliphatic rings. The lowest BCUT2D eigenvalue weighted by molar-refractivity contribution is 0.171. The Labute approximate surface area is 86.3 Å². The second-order valence-corrected chi connectivity index (χ2v) is 2.55. The van der Waals surface area contributed by atoms with Crippen molar-refractivity contribution < 1.29 is 5.11 Å². The summed E-state index contributed by atoms with van der Waals surface area (Å²) in [4.78, 5) is 0. The number of aliphatic hydroxyl groups is 1. The molecule has 3 nitrogen and oxygen atoms in total. The zero-order valence-corrected chi connectivity index (χ0v) is 8.65. The standard InChI is InChI=1S/C9H18N2O.ClH/c1-3-5-10-7-9(12)8-11-6-4-2;/h3-4,9-12H,1-2,5-8H2;1H. The van der Waals surface area contributed by atoms with Crippen molar-refractivity contribution in [1.82, 2.24) is 10.6 Å². The van der Waals surface area contributed by atoms with Gasteiger partial charge in [0, 0.05) is 26.2 Å². The molecule has 0 aliphatic heterocycles. The van der Waals surface area contributed by atoms with Gasteiger partial charge < -0.3 is 15.7 Å². The third kappa shape index (κ3) is 11.7. The van der Waals surface area contributed by atoms with E-state index in [-0.39, 0.29) is 18.5 Å². The lowest BCUT2D eigenvalue weighted by Gasteiger charge is -2.10. The summed E-state index contributed by atoms with van der Waals surface area (Å²) in [6.07, 6.45) is 3.19. The Hall–Kier alpha value is -0.350. The number of rotatable bonds is 8. The van der Waals surface area contributed by atoms with E-state index in [4.69, 9.17) is 0 Å². The molecule has 4 heteroatoms. The highest BCUT2D eigenvalue weighted by Gasteiger charge is 1.99. The average Bonchev–Trinajstić information content (AvgIpc) is 2.06. The van der Waals surface area contributed by atoms with Crippen LogP contribution in [-0.2, 0) is 0 Å². The van der Waals surface area contributed by atoms with Crippen LogP contribution in [0.25, 0.3) is 0 Å². The maximum absolute atomic E-state index is 9.31. The van der Waals surface area contributed by atoms with Crippen molar-refractivity contribution in [3.63, 3.8) is 0 Å². The molecule has 0 bridgehead atoms. The summed E-state index contributed by atoms with van der Waals surface area (Å²) in [6, 6.07) is 0. The van der Waals surface area contributed by atoms with Crippen LogP contribution in [0.5, 0.6) is 0 Å². The third-order valence-electron chi connectivity index (χ3n) is 1.34. The summed E-state index contributed by atoms with van der Waals surface area (Å²) >= 11 is 0. The van der Waals surface area contributed by atoms with Crippen LogP contribution in [0.4, 0.5) is 0 Å². The number of aliphatic hydroxyl groups excluding tert-OH is 1. The van der Waals surface area contributed by atoms with E-state index in [0.29, 0.717) is 13.1 Å². The van der Waals surface area contributed by atoms with E-state index in [1.54, 1.807) is 12.2 Å². The minimum atomic E-state index is -0.343. The Morgan fingerprint density at radius 3 is 1.77 bits per heavy atom. The molecule has 0 aromatic rings. The van der Waals surface area contributed by atoms with Gasteiger partial charge in [0.25, 0.3) is 0 Å². The van der Waals surface area contributed by atoms with Gasteiger partial charge in [-0.15, -0.1) is 25.6 Å². The van der Waals surface area contributed by atoms with Crippen molar-refractivity contribution >= 4 is 12.4 Å². The summed E-state index contributed by atoms with van der Waals surface area (Å²) in [5.41, 5.74) is 0. The summed E-state index contributed by atoms with van der Waals surface area (Å²) in [5, 5.41) is 15.4. The molecule has 0 aliphatic carbocycles. The van der Waals surface area contributed by atoms with Crippen molar-refractivity contribution in [2.75, 3.05) is 26.2 Å². The van der Waals surface area contributed by atoms with Crippen LogP contribution in [0.15, 0.2) is 25.3 Å². The van der Waals surface area contributed by atoms with Gasteiger partial charge in [-0.1, -0.05) is 12.2 Å². The van der Waals surface area contributed by atoms with Crippen LogP contribution < -0.4 is 10.6 Å². The summed E-state index contributed by atoms with van der Waals surface area (Å²) in [7, 11) is 0. The largest absolute Gasteiger partial charge is 0.390 e. The van der Waals surface area contributed by atoms with E-state index < -0.39 is 0 Å². The number of hydrogen-bond acceptors (Lipinski definition) is 3. The van der Waals surface area contributed by atoms with Crippen LogP contribution in [0.2, 0.25) is 0 Å². The lowest BCUT2D eigenvalue weighted by Crippen LogP contribution is -2.35. The predicted molar refractivity (Wildman–Crippen MR) is 59.4 cm³/mol. The van der Waals surface area contributed by atoms with Gasteiger partial charge in [-0.3, -0.25) is 0 Å². The second-order valence-electron chi connectivity index (χ2n) is 2.55. The minimum absolute atomic E-state index is 0. The second kappa shape index (κ2) is 11.6. The first-order chi connectivity index (χ1) is 5.81. The summed E-state index contributed by atoms with van der Waals surface area (Å²) < 4.78 is 0. The van der Waals surface area contributed by atoms with E-state index in [1.165, 1.54) is 0 Å². The van der Waals surface area contributed by atoms with Crippen LogP contribution >= 0.6 is 12.4 Å². The lowest BCUT2D eigenvalue weighted by atomic mass is 10.3. The van der Waals surface area contributed by atoms with Crippen molar-refractivity contribution in [3.8, 4) is 0 Å². The smallest absolute Gasteiger partial charge is 0.0788 e. The maximum Gasteiger partial charge on any atom is 0.0788 e. The van der Waals surface area contributed by atoms with Crippen LogP contribution in [0.3, 0.4) is 0 Å². The van der Waals surface area contributed by atoms with E-state index >= 15 is 0 Å². The molecule has 0 fully saturated rings. The van der Waals surface area contributed by atoms with Crippen molar-refractivity contribution in [1.29, 1.82) is 0 Å². The summed E-state index contributed by atoms with van der Waals surface area (Å²) in [6.45, 7) is 9.78. The van der Waals surface area contributed by atoms with Gasteiger partial charge in [0.05, 0.1) is 6.10 Å². The fraction of sp³-hybridized carbons (Fsp3) is 0.556. The van der Waals surface area contributed by atoms with Crippen LogP contribution in [-0.4, -0.2) is 37.4 Å². The van der Waals surface area contributed by atoms with E-state index in [0.717, 1.165) is 13.1 Å². The zero-order valence-electron chi connectivity index (χ0n) is 7.83. The maximum atomic E-state index is 9.31. The van der Waals surface area contributed by atoms with Crippen molar-refractivity contribution in [3.05, 3.63) is 25.3 Å². The molecule has 0 aromatic carbocycles. The number of halogens is 1. The number of nitrogens with one attached hydrogen (secondary N) is 2. The Morgan fingerprint density at radius 2 is 1.46 bits per heavy atom. The van der Waals surface area contributed by atoms with E-state index in [9.17, 15) is 5.11 Å². The normalized spacial score (nSPS) is 9.38. The molecule has 0 saturated carbocycles. The molecule has 0 spiro atoms. The highest BCUT2D eigenvalue weighted by atomic mass is 35.5. The van der Waals surface area contributed by atoms with Gasteiger partial charge in [0.2, 0.25) is 0 Å². The van der Waals surface area contributed by atoms with Gasteiger partial charge >= 0.3 is 0 Å². The first-order valence-electron chi connectivity index (χ1n) is 4.12. The Balaban J connectivity index is 0. The molecule has 3 N–H and O–H groups in total. The zero-order chi connectivity index (χ0) is 9.23. The highest BCUT2D eigenvalue weighted by Crippen LogP contribution is 1.77. The van der Waals surface area contributed by atoms with Gasteiger partial charge in [-0.05, 0) is 0 Å². The van der Waals surface area contributed by atoms with Crippen LogP contribution in [0.1, 0.15) is 0 Å². The van der Waals surface area contributed by atoms with E-state index in [2.05, 4.69) is 23.8 Å². The molecule has 0 atom stereocenters. The van der Waals surface area contributed by atoms with Crippen molar-refractivity contribution in [2.45, 2.75) is 6.10 Å². The molecule has 0 unspecified atom stereocenters. The Bertz CT molecular complexity index is 117. The molecular formula is C9H19ClN2O. The van der Waals surface area contributed by atoms with Gasteiger partial charge in [-0.25, -0.2) is 0 Å². The molecule has 0 heterocycles. The molecule has 0 saturated heterocycles. The van der Waals surface area contributed by atoms with Gasteiger partial charge in [0.15, 0.2) is 0 Å². The summed E-state index contributed by atoms with van der Waals surface area (Å²) in [5.74, 6) is 0. The average molecular weight is 207 g/mol. The first-order valence-corrected chi connectivity index (χ1v) is 4.12. The molecule has 0 radical (unpaired) electrons. The molecular weight excluding hydrogens is 188 g/mol. The fourth-order valence-corrected chi connectivity index (χ4v) is 0.776. The predicted octanol–water partition coefficient (Wildman–Crippen LogP) is 0.320. The molecule has 0 rings (SSSR count). The van der Waals surface area contributed by atoms with Gasteiger partial charge in [0.1, 0.15) is 0 Å². The molecule has 0 amide bonds. The topological polar surface area (TPSA) is 44.3 Å². The third-order valence-corrected chi connectivity index (χ3v) is 1.34. The minimum Gasteiger partial charge on any atom is -0.390 e. The first kappa shape index (κ1) is 15.1. The SMILES string of the molecule is C=CCNCC(O)CNCC=C.Cl. The van der Waals surface area contributed by atoms with Crippen molar-refractivity contribution in [2.24, 2.45) is 0 Å².